The average molecular weight is 412 g/mol. The van der Waals surface area contributed by atoms with Gasteiger partial charge in [-0.1, -0.05) is 66.7 Å². The minimum Gasteiger partial charge on any atom is -0.422 e. The molecule has 0 spiro atoms. The van der Waals surface area contributed by atoms with E-state index < -0.39 is 11.5 Å². The van der Waals surface area contributed by atoms with E-state index in [1.165, 1.54) is 5.56 Å². The van der Waals surface area contributed by atoms with Gasteiger partial charge in [-0.3, -0.25) is 4.79 Å². The third kappa shape index (κ3) is 4.73. The van der Waals surface area contributed by atoms with Crippen LogP contribution in [0.15, 0.2) is 88.1 Å². The van der Waals surface area contributed by atoms with E-state index in [4.69, 9.17) is 4.42 Å². The molecule has 0 saturated heterocycles. The van der Waals surface area contributed by atoms with Crippen LogP contribution in [0.25, 0.3) is 22.1 Å². The summed E-state index contributed by atoms with van der Waals surface area (Å²) in [5.41, 5.74) is 4.17. The van der Waals surface area contributed by atoms with Gasteiger partial charge in [0.1, 0.15) is 11.1 Å². The van der Waals surface area contributed by atoms with Crippen LogP contribution in [-0.4, -0.2) is 24.9 Å². The largest absolute Gasteiger partial charge is 0.422 e. The molecule has 0 atom stereocenters. The third-order valence-corrected chi connectivity index (χ3v) is 5.11. The van der Waals surface area contributed by atoms with Crippen molar-refractivity contribution in [1.29, 1.82) is 0 Å². The Bertz CT molecular complexity index is 1270. The molecule has 1 aromatic heterocycles. The van der Waals surface area contributed by atoms with Crippen LogP contribution in [0.5, 0.6) is 0 Å². The molecule has 0 bridgehead atoms. The van der Waals surface area contributed by atoms with Crippen LogP contribution in [0, 0.1) is 0 Å². The molecule has 1 amide bonds. The fraction of sp³-hybridized carbons (Fsp3) is 0.154. The van der Waals surface area contributed by atoms with Crippen molar-refractivity contribution in [3.63, 3.8) is 0 Å². The lowest BCUT2D eigenvalue weighted by Gasteiger charge is -2.13. The molecule has 5 heteroatoms. The van der Waals surface area contributed by atoms with Crippen molar-refractivity contribution in [2.24, 2.45) is 0 Å². The molecule has 156 valence electrons. The first-order valence-corrected chi connectivity index (χ1v) is 10.1. The Morgan fingerprint density at radius 3 is 2.42 bits per heavy atom. The number of fused-ring (bicyclic) bond motifs is 1. The van der Waals surface area contributed by atoms with Crippen LogP contribution in [-0.2, 0) is 13.1 Å². The topological polar surface area (TPSA) is 62.6 Å². The van der Waals surface area contributed by atoms with Crippen molar-refractivity contribution < 1.29 is 9.21 Å². The predicted molar refractivity (Wildman–Crippen MR) is 123 cm³/mol. The molecule has 0 radical (unpaired) electrons. The molecule has 1 N–H and O–H groups in total. The van der Waals surface area contributed by atoms with Gasteiger partial charge in [0.2, 0.25) is 0 Å². The quantitative estimate of drug-likeness (QED) is 0.475. The Hall–Kier alpha value is -3.70. The van der Waals surface area contributed by atoms with Gasteiger partial charge in [-0.2, -0.15) is 0 Å². The molecule has 0 aliphatic carbocycles. The van der Waals surface area contributed by atoms with Crippen LogP contribution in [0.1, 0.15) is 21.5 Å². The lowest BCUT2D eigenvalue weighted by atomic mass is 9.98. The number of hydrogen-bond donors (Lipinski definition) is 1. The Kier molecular flexibility index (Phi) is 5.96. The van der Waals surface area contributed by atoms with Crippen LogP contribution in [0.4, 0.5) is 0 Å². The summed E-state index contributed by atoms with van der Waals surface area (Å²) < 4.78 is 5.28. The summed E-state index contributed by atoms with van der Waals surface area (Å²) in [4.78, 5) is 27.1. The standard InChI is InChI=1S/C26H24N2O3/c1-28(2)17-18-11-13-19(14-12-18)22-9-5-3-8-21(22)16-27-25(29)23-15-20-7-4-6-10-24(20)31-26(23)30/h3-15H,16-17H2,1-2H3,(H,27,29). The Morgan fingerprint density at radius 2 is 1.65 bits per heavy atom. The van der Waals surface area contributed by atoms with Crippen LogP contribution in [0.3, 0.4) is 0 Å². The molecule has 3 aromatic carbocycles. The summed E-state index contributed by atoms with van der Waals surface area (Å²) in [5.74, 6) is -0.448. The summed E-state index contributed by atoms with van der Waals surface area (Å²) in [6, 6.07) is 25.1. The van der Waals surface area contributed by atoms with Gasteiger partial charge in [0.25, 0.3) is 5.91 Å². The normalized spacial score (nSPS) is 11.1. The van der Waals surface area contributed by atoms with E-state index in [1.807, 2.05) is 50.5 Å². The number of hydrogen-bond acceptors (Lipinski definition) is 4. The van der Waals surface area contributed by atoms with Gasteiger partial charge in [-0.15, -0.1) is 0 Å². The number of carbonyl (C=O) groups excluding carboxylic acids is 1. The highest BCUT2D eigenvalue weighted by Gasteiger charge is 2.14. The van der Waals surface area contributed by atoms with Crippen molar-refractivity contribution in [3.8, 4) is 11.1 Å². The maximum Gasteiger partial charge on any atom is 0.349 e. The van der Waals surface area contributed by atoms with E-state index in [0.29, 0.717) is 17.5 Å². The molecule has 0 aliphatic heterocycles. The van der Waals surface area contributed by atoms with E-state index in [0.717, 1.165) is 23.2 Å². The maximum absolute atomic E-state index is 12.7. The van der Waals surface area contributed by atoms with Gasteiger partial charge in [-0.05, 0) is 48.5 Å². The zero-order chi connectivity index (χ0) is 21.8. The number of nitrogens with one attached hydrogen (secondary N) is 1. The molecule has 0 aliphatic rings. The zero-order valence-electron chi connectivity index (χ0n) is 17.6. The first kappa shape index (κ1) is 20.6. The maximum atomic E-state index is 12.7. The second-order valence-electron chi connectivity index (χ2n) is 7.76. The molecule has 31 heavy (non-hydrogen) atoms. The molecule has 1 heterocycles. The van der Waals surface area contributed by atoms with Crippen LogP contribution < -0.4 is 10.9 Å². The highest BCUT2D eigenvalue weighted by atomic mass is 16.4. The lowest BCUT2D eigenvalue weighted by molar-refractivity contribution is 0.0947. The van der Waals surface area contributed by atoms with Crippen molar-refractivity contribution >= 4 is 16.9 Å². The lowest BCUT2D eigenvalue weighted by Crippen LogP contribution is -2.28. The summed E-state index contributed by atoms with van der Waals surface area (Å²) in [6.45, 7) is 1.19. The van der Waals surface area contributed by atoms with E-state index in [-0.39, 0.29) is 5.56 Å². The SMILES string of the molecule is CN(C)Cc1ccc(-c2ccccc2CNC(=O)c2cc3ccccc3oc2=O)cc1. The van der Waals surface area contributed by atoms with Gasteiger partial charge in [0, 0.05) is 18.5 Å². The molecular weight excluding hydrogens is 388 g/mol. The van der Waals surface area contributed by atoms with E-state index in [2.05, 4.69) is 34.5 Å². The van der Waals surface area contributed by atoms with Crippen LogP contribution in [0.2, 0.25) is 0 Å². The van der Waals surface area contributed by atoms with Gasteiger partial charge >= 0.3 is 5.63 Å². The van der Waals surface area contributed by atoms with Crippen molar-refractivity contribution in [2.75, 3.05) is 14.1 Å². The Balaban J connectivity index is 1.54. The van der Waals surface area contributed by atoms with Crippen molar-refractivity contribution in [2.45, 2.75) is 13.1 Å². The van der Waals surface area contributed by atoms with Gasteiger partial charge < -0.3 is 14.6 Å². The van der Waals surface area contributed by atoms with Gasteiger partial charge in [-0.25, -0.2) is 4.79 Å². The number of para-hydroxylation sites is 1. The minimum absolute atomic E-state index is 0.00391. The Labute approximate surface area is 180 Å². The Morgan fingerprint density at radius 1 is 0.935 bits per heavy atom. The molecule has 0 fully saturated rings. The number of benzene rings is 3. The summed E-state index contributed by atoms with van der Waals surface area (Å²) >= 11 is 0. The van der Waals surface area contributed by atoms with E-state index >= 15 is 0 Å². The number of nitrogens with zero attached hydrogens (tertiary/aromatic N) is 1. The van der Waals surface area contributed by atoms with Crippen molar-refractivity contribution in [3.05, 3.63) is 106 Å². The fourth-order valence-corrected chi connectivity index (χ4v) is 3.60. The number of rotatable bonds is 6. The van der Waals surface area contributed by atoms with Gasteiger partial charge in [0.05, 0.1) is 0 Å². The predicted octanol–water partition coefficient (Wildman–Crippen LogP) is 4.45. The van der Waals surface area contributed by atoms with Crippen molar-refractivity contribution in [1.82, 2.24) is 10.2 Å². The van der Waals surface area contributed by atoms with E-state index in [1.54, 1.807) is 18.2 Å². The summed E-state index contributed by atoms with van der Waals surface area (Å²) in [5, 5.41) is 3.58. The second kappa shape index (κ2) is 8.98. The van der Waals surface area contributed by atoms with Gasteiger partial charge in [0.15, 0.2) is 0 Å². The molecule has 0 saturated carbocycles. The summed E-state index contributed by atoms with van der Waals surface area (Å²) in [6.07, 6.45) is 0. The van der Waals surface area contributed by atoms with Crippen LogP contribution >= 0.6 is 0 Å². The molecule has 4 aromatic rings. The smallest absolute Gasteiger partial charge is 0.349 e. The number of amides is 1. The molecule has 5 nitrogen and oxygen atoms in total. The monoisotopic (exact) mass is 412 g/mol. The molecular formula is C26H24N2O3. The average Bonchev–Trinajstić information content (AvgIpc) is 2.77. The first-order chi connectivity index (χ1) is 15.0. The highest BCUT2D eigenvalue weighted by Crippen LogP contribution is 2.24. The molecule has 0 unspecified atom stereocenters. The molecule has 4 rings (SSSR count). The summed E-state index contributed by atoms with van der Waals surface area (Å²) in [7, 11) is 4.09. The number of carbonyl (C=O) groups is 1. The highest BCUT2D eigenvalue weighted by molar-refractivity contribution is 5.96. The zero-order valence-corrected chi connectivity index (χ0v) is 17.6. The fourth-order valence-electron chi connectivity index (χ4n) is 3.60. The second-order valence-corrected chi connectivity index (χ2v) is 7.76. The van der Waals surface area contributed by atoms with E-state index in [9.17, 15) is 9.59 Å². The minimum atomic E-state index is -0.638. The third-order valence-electron chi connectivity index (χ3n) is 5.11. The first-order valence-electron chi connectivity index (χ1n) is 10.1.